The number of aliphatic hydroxyl groups is 1. The van der Waals surface area contributed by atoms with Crippen LogP contribution in [0.4, 0.5) is 0 Å². The Balaban J connectivity index is 0.000000785. The van der Waals surface area contributed by atoms with Crippen LogP contribution in [0.25, 0.3) is 0 Å². The number of oxazole rings is 1. The molecule has 0 spiro atoms. The van der Waals surface area contributed by atoms with Gasteiger partial charge in [-0.05, 0) is 33.1 Å². The fraction of sp³-hybridized carbons (Fsp3) is 0.550. The van der Waals surface area contributed by atoms with E-state index in [1.165, 1.54) is 6.39 Å². The maximum atomic E-state index is 12.8. The highest BCUT2D eigenvalue weighted by Gasteiger charge is 2.35. The molecule has 0 aromatic carbocycles. The second kappa shape index (κ2) is 10.7. The van der Waals surface area contributed by atoms with Crippen molar-refractivity contribution >= 4 is 17.8 Å². The molecule has 1 aliphatic carbocycles. The molecule has 1 aliphatic rings. The van der Waals surface area contributed by atoms with Gasteiger partial charge in [0, 0.05) is 26.0 Å². The normalized spacial score (nSPS) is 20.4. The number of aliphatic carboxylic acids is 1. The lowest BCUT2D eigenvalue weighted by molar-refractivity contribution is -0.137. The van der Waals surface area contributed by atoms with Crippen LogP contribution in [-0.2, 0) is 16.1 Å². The number of hydrogen-bond acceptors (Lipinski definition) is 8. The Bertz CT molecular complexity index is 903. The molecule has 31 heavy (non-hydrogen) atoms. The molecule has 2 aromatic rings. The van der Waals surface area contributed by atoms with E-state index < -0.39 is 24.0 Å². The van der Waals surface area contributed by atoms with Crippen LogP contribution in [0.5, 0.6) is 0 Å². The van der Waals surface area contributed by atoms with Gasteiger partial charge < -0.3 is 29.4 Å². The van der Waals surface area contributed by atoms with E-state index in [0.717, 1.165) is 12.6 Å². The van der Waals surface area contributed by atoms with Gasteiger partial charge in [0.25, 0.3) is 11.9 Å². The second-order valence-corrected chi connectivity index (χ2v) is 7.56. The molecule has 1 saturated carbocycles. The van der Waals surface area contributed by atoms with Gasteiger partial charge in [0.1, 0.15) is 5.76 Å². The van der Waals surface area contributed by atoms with Crippen LogP contribution in [0.15, 0.2) is 21.4 Å². The number of nitrogens with one attached hydrogen (secondary N) is 1. The maximum absolute atomic E-state index is 12.8. The predicted octanol–water partition coefficient (Wildman–Crippen LogP) is 1.29. The number of hydrogen-bond donors (Lipinski definition) is 3. The smallest absolute Gasteiger partial charge is 0.300 e. The van der Waals surface area contributed by atoms with Crippen LogP contribution in [0.1, 0.15) is 53.9 Å². The zero-order valence-corrected chi connectivity index (χ0v) is 18.0. The molecule has 3 N–H and O–H groups in total. The molecule has 2 aromatic heterocycles. The Morgan fingerprint density at radius 2 is 1.97 bits per heavy atom. The van der Waals surface area contributed by atoms with Gasteiger partial charge >= 0.3 is 0 Å². The Kier molecular flexibility index (Phi) is 8.31. The number of aryl methyl sites for hydroxylation is 2. The zero-order chi connectivity index (χ0) is 23.1. The first-order valence-electron chi connectivity index (χ1n) is 9.84. The van der Waals surface area contributed by atoms with Crippen molar-refractivity contribution in [1.82, 2.24) is 20.4 Å². The van der Waals surface area contributed by atoms with Gasteiger partial charge in [0.15, 0.2) is 17.8 Å². The molecule has 11 nitrogen and oxygen atoms in total. The number of carbonyl (C=O) groups excluding carboxylic acids is 2. The molecule has 11 heteroatoms. The first-order chi connectivity index (χ1) is 14.6. The van der Waals surface area contributed by atoms with E-state index in [0.29, 0.717) is 37.3 Å². The summed E-state index contributed by atoms with van der Waals surface area (Å²) in [5.74, 6) is -0.555. The van der Waals surface area contributed by atoms with Crippen molar-refractivity contribution in [3.05, 3.63) is 35.4 Å². The molecule has 3 atom stereocenters. The zero-order valence-electron chi connectivity index (χ0n) is 18.0. The summed E-state index contributed by atoms with van der Waals surface area (Å²) in [6, 6.07) is 1.27. The number of aliphatic hydroxyl groups excluding tert-OH is 1. The van der Waals surface area contributed by atoms with E-state index in [-0.39, 0.29) is 17.5 Å². The predicted molar refractivity (Wildman–Crippen MR) is 107 cm³/mol. The molecular formula is C20H28N4O7. The molecule has 0 radical (unpaired) electrons. The first kappa shape index (κ1) is 24.1. The number of carboxylic acids is 1. The van der Waals surface area contributed by atoms with E-state index in [9.17, 15) is 14.7 Å². The van der Waals surface area contributed by atoms with Crippen LogP contribution < -0.4 is 5.32 Å². The van der Waals surface area contributed by atoms with Gasteiger partial charge in [-0.1, -0.05) is 5.16 Å². The van der Waals surface area contributed by atoms with Crippen LogP contribution in [0, 0.1) is 19.8 Å². The average molecular weight is 436 g/mol. The van der Waals surface area contributed by atoms with E-state index >= 15 is 0 Å². The van der Waals surface area contributed by atoms with Crippen molar-refractivity contribution in [3.63, 3.8) is 0 Å². The van der Waals surface area contributed by atoms with Crippen LogP contribution in [0.2, 0.25) is 0 Å². The van der Waals surface area contributed by atoms with Crippen molar-refractivity contribution in [3.8, 4) is 0 Å². The second-order valence-electron chi connectivity index (χ2n) is 7.56. The van der Waals surface area contributed by atoms with Crippen molar-refractivity contribution < 1.29 is 33.5 Å². The fourth-order valence-corrected chi connectivity index (χ4v) is 3.41. The Hall–Kier alpha value is -3.21. The topological polar surface area (TPSA) is 159 Å². The number of aromatic nitrogens is 2. The third-order valence-corrected chi connectivity index (χ3v) is 4.89. The number of nitrogens with zero attached hydrogens (tertiary/aromatic N) is 3. The summed E-state index contributed by atoms with van der Waals surface area (Å²) in [7, 11) is 1.71. The summed E-state index contributed by atoms with van der Waals surface area (Å²) in [5.41, 5.74) is 0.950. The molecule has 3 rings (SSSR count). The van der Waals surface area contributed by atoms with Gasteiger partial charge in [-0.25, -0.2) is 4.98 Å². The summed E-state index contributed by atoms with van der Waals surface area (Å²) in [5, 5.41) is 24.3. The summed E-state index contributed by atoms with van der Waals surface area (Å²) < 4.78 is 10.2. The van der Waals surface area contributed by atoms with Gasteiger partial charge in [-0.3, -0.25) is 14.4 Å². The van der Waals surface area contributed by atoms with Gasteiger partial charge in [-0.15, -0.1) is 0 Å². The lowest BCUT2D eigenvalue weighted by atomic mass is 9.83. The molecule has 0 unspecified atom stereocenters. The highest BCUT2D eigenvalue weighted by molar-refractivity contribution is 5.93. The SMILES string of the molecule is CC(=O)O.Cc1cc(CN(C)C(=O)[C@H]2CC[C@@H](O)[C@H](NC(=O)c3ncoc3C)C2)on1. The molecule has 2 amide bonds. The Labute approximate surface area is 179 Å². The van der Waals surface area contributed by atoms with Crippen molar-refractivity contribution in [2.75, 3.05) is 7.05 Å². The highest BCUT2D eigenvalue weighted by atomic mass is 16.5. The lowest BCUT2D eigenvalue weighted by Gasteiger charge is -2.34. The molecule has 0 aliphatic heterocycles. The highest BCUT2D eigenvalue weighted by Crippen LogP contribution is 2.27. The minimum atomic E-state index is -0.833. The van der Waals surface area contributed by atoms with E-state index in [1.54, 1.807) is 24.9 Å². The monoisotopic (exact) mass is 436 g/mol. The summed E-state index contributed by atoms with van der Waals surface area (Å²) >= 11 is 0. The Morgan fingerprint density at radius 3 is 2.52 bits per heavy atom. The minimum absolute atomic E-state index is 0.0483. The first-order valence-corrected chi connectivity index (χ1v) is 9.84. The van der Waals surface area contributed by atoms with Crippen molar-refractivity contribution in [1.29, 1.82) is 0 Å². The van der Waals surface area contributed by atoms with E-state index in [4.69, 9.17) is 18.8 Å². The molecular weight excluding hydrogens is 408 g/mol. The minimum Gasteiger partial charge on any atom is -0.481 e. The quantitative estimate of drug-likeness (QED) is 0.627. The van der Waals surface area contributed by atoms with E-state index in [2.05, 4.69) is 15.5 Å². The summed E-state index contributed by atoms with van der Waals surface area (Å²) in [6.45, 7) is 4.88. The number of rotatable bonds is 5. The largest absolute Gasteiger partial charge is 0.481 e. The standard InChI is InChI=1S/C18H24N4O5.C2H4O2/c1-10-6-13(27-21-10)8-22(3)18(25)12-4-5-15(23)14(7-12)20-17(24)16-11(2)26-9-19-16;1-2(3)4/h6,9,12,14-15,23H,4-5,7-8H2,1-3H3,(H,20,24);1H3,(H,3,4)/t12-,14+,15+;/m0./s1. The molecule has 1 fully saturated rings. The molecule has 170 valence electrons. The van der Waals surface area contributed by atoms with Crippen LogP contribution in [-0.4, -0.2) is 62.2 Å². The van der Waals surface area contributed by atoms with Crippen molar-refractivity contribution in [2.24, 2.45) is 5.92 Å². The van der Waals surface area contributed by atoms with Crippen LogP contribution in [0.3, 0.4) is 0 Å². The third kappa shape index (κ3) is 6.92. The molecule has 0 saturated heterocycles. The van der Waals surface area contributed by atoms with Gasteiger partial charge in [0.05, 0.1) is 24.4 Å². The molecule has 2 heterocycles. The number of carboxylic acid groups (broad SMARTS) is 1. The van der Waals surface area contributed by atoms with E-state index in [1.807, 2.05) is 6.92 Å². The molecule has 0 bridgehead atoms. The van der Waals surface area contributed by atoms with Crippen LogP contribution >= 0.6 is 0 Å². The Morgan fingerprint density at radius 1 is 1.29 bits per heavy atom. The van der Waals surface area contributed by atoms with Gasteiger partial charge in [0.2, 0.25) is 5.91 Å². The number of carbonyl (C=O) groups is 3. The maximum Gasteiger partial charge on any atom is 0.300 e. The number of amides is 2. The summed E-state index contributed by atoms with van der Waals surface area (Å²) in [6.07, 6.45) is 1.87. The fourth-order valence-electron chi connectivity index (χ4n) is 3.41. The summed E-state index contributed by atoms with van der Waals surface area (Å²) in [4.78, 5) is 39.6. The average Bonchev–Trinajstić information content (AvgIpc) is 3.30. The van der Waals surface area contributed by atoms with Gasteiger partial charge in [-0.2, -0.15) is 0 Å². The lowest BCUT2D eigenvalue weighted by Crippen LogP contribution is -2.49. The van der Waals surface area contributed by atoms with Crippen molar-refractivity contribution in [2.45, 2.75) is 58.7 Å². The third-order valence-electron chi connectivity index (χ3n) is 4.89.